The third-order valence-electron chi connectivity index (χ3n) is 7.75. The number of hydrogen-bond acceptors (Lipinski definition) is 8. The van der Waals surface area contributed by atoms with Crippen molar-refractivity contribution in [1.29, 1.82) is 0 Å². The molecule has 0 spiro atoms. The Morgan fingerprint density at radius 2 is 1.97 bits per heavy atom. The first-order chi connectivity index (χ1) is 18.4. The Balaban J connectivity index is 1.10. The van der Waals surface area contributed by atoms with Crippen LogP contribution in [0.5, 0.6) is 5.75 Å². The largest absolute Gasteiger partial charge is 0.490 e. The van der Waals surface area contributed by atoms with E-state index in [1.165, 1.54) is 0 Å². The molecule has 1 aromatic carbocycles. The lowest BCUT2D eigenvalue weighted by Gasteiger charge is -2.30. The summed E-state index contributed by atoms with van der Waals surface area (Å²) in [5, 5.41) is 9.00. The molecule has 2 aromatic heterocycles. The van der Waals surface area contributed by atoms with Gasteiger partial charge >= 0.3 is 0 Å². The Kier molecular flexibility index (Phi) is 6.92. The molecule has 38 heavy (non-hydrogen) atoms. The molecule has 3 fully saturated rings. The maximum atomic E-state index is 12.8. The van der Waals surface area contributed by atoms with Crippen LogP contribution >= 0.6 is 0 Å². The second-order valence-corrected chi connectivity index (χ2v) is 11.0. The summed E-state index contributed by atoms with van der Waals surface area (Å²) in [4.78, 5) is 24.0. The van der Waals surface area contributed by atoms with Gasteiger partial charge in [-0.2, -0.15) is 10.1 Å². The van der Waals surface area contributed by atoms with Crippen molar-refractivity contribution in [3.05, 3.63) is 36.7 Å². The van der Waals surface area contributed by atoms with Gasteiger partial charge in [-0.3, -0.25) is 4.79 Å². The van der Waals surface area contributed by atoms with E-state index in [0.717, 1.165) is 68.3 Å². The SMILES string of the molecule is CC1(C)OC[C@@H](COc2cccc3c2cnn3-c2ccnc(N[C@H]3CC[C@H](C(=O)N4CCCC4)CC3)n2)O1. The number of carbonyl (C=O) groups excluding carboxylic acids is 1. The number of ether oxygens (including phenoxy) is 3. The van der Waals surface area contributed by atoms with Crippen molar-refractivity contribution >= 4 is 22.8 Å². The lowest BCUT2D eigenvalue weighted by atomic mass is 9.85. The zero-order chi connectivity index (χ0) is 26.1. The van der Waals surface area contributed by atoms with Crippen molar-refractivity contribution in [2.75, 3.05) is 31.6 Å². The minimum Gasteiger partial charge on any atom is -0.490 e. The number of likely N-dealkylation sites (tertiary alicyclic amines) is 1. The van der Waals surface area contributed by atoms with Crippen molar-refractivity contribution < 1.29 is 19.0 Å². The monoisotopic (exact) mass is 520 g/mol. The molecule has 0 radical (unpaired) electrons. The summed E-state index contributed by atoms with van der Waals surface area (Å²) in [5.74, 6) is 1.93. The van der Waals surface area contributed by atoms with Crippen LogP contribution in [0.1, 0.15) is 52.4 Å². The summed E-state index contributed by atoms with van der Waals surface area (Å²) in [6.45, 7) is 6.58. The van der Waals surface area contributed by atoms with E-state index >= 15 is 0 Å². The van der Waals surface area contributed by atoms with Crippen molar-refractivity contribution in [2.24, 2.45) is 5.92 Å². The minimum atomic E-state index is -0.575. The Hall–Kier alpha value is -3.24. The Labute approximate surface area is 222 Å². The summed E-state index contributed by atoms with van der Waals surface area (Å²) >= 11 is 0. The number of benzene rings is 1. The number of amides is 1. The number of nitrogens with one attached hydrogen (secondary N) is 1. The first-order valence-electron chi connectivity index (χ1n) is 13.8. The fraction of sp³-hybridized carbons (Fsp3) is 0.571. The standard InChI is InChI=1S/C28H36N6O4/c1-28(2)37-18-21(38-28)17-36-24-7-5-6-23-22(24)16-30-34(23)25-12-13-29-27(32-25)31-20-10-8-19(9-11-20)26(35)33-14-3-4-15-33/h5-7,12-13,16,19-21H,3-4,8-11,14-15,17-18H2,1-2H3,(H,29,31,32)/t19-,20-,21-/m1/s1. The molecule has 2 saturated heterocycles. The van der Waals surface area contributed by atoms with Gasteiger partial charge in [0.25, 0.3) is 0 Å². The van der Waals surface area contributed by atoms with E-state index in [1.807, 2.05) is 43.0 Å². The molecule has 3 aliphatic rings. The van der Waals surface area contributed by atoms with E-state index < -0.39 is 5.79 Å². The quantitative estimate of drug-likeness (QED) is 0.500. The van der Waals surface area contributed by atoms with Gasteiger partial charge in [0, 0.05) is 37.3 Å². The van der Waals surface area contributed by atoms with Crippen LogP contribution in [0.2, 0.25) is 0 Å². The van der Waals surface area contributed by atoms with Gasteiger partial charge in [0.1, 0.15) is 18.5 Å². The van der Waals surface area contributed by atoms with Crippen molar-refractivity contribution in [3.63, 3.8) is 0 Å². The highest BCUT2D eigenvalue weighted by atomic mass is 16.7. The van der Waals surface area contributed by atoms with Crippen molar-refractivity contribution in [2.45, 2.75) is 70.3 Å². The highest BCUT2D eigenvalue weighted by Gasteiger charge is 2.33. The predicted octanol–water partition coefficient (Wildman–Crippen LogP) is 3.94. The maximum Gasteiger partial charge on any atom is 0.225 e. The van der Waals surface area contributed by atoms with Crippen LogP contribution in [0.3, 0.4) is 0 Å². The first-order valence-corrected chi connectivity index (χ1v) is 13.8. The number of nitrogens with zero attached hydrogens (tertiary/aromatic N) is 5. The van der Waals surface area contributed by atoms with Crippen LogP contribution < -0.4 is 10.1 Å². The topological polar surface area (TPSA) is 104 Å². The molecule has 1 aliphatic carbocycles. The fourth-order valence-corrected chi connectivity index (χ4v) is 5.76. The number of aromatic nitrogens is 4. The van der Waals surface area contributed by atoms with Gasteiger partial charge in [-0.15, -0.1) is 0 Å². The molecule has 3 aromatic rings. The Morgan fingerprint density at radius 3 is 2.74 bits per heavy atom. The second kappa shape index (κ2) is 10.5. The molecular formula is C28H36N6O4. The van der Waals surface area contributed by atoms with Gasteiger partial charge in [-0.05, 0) is 64.5 Å². The van der Waals surface area contributed by atoms with Crippen molar-refractivity contribution in [1.82, 2.24) is 24.6 Å². The average molecular weight is 521 g/mol. The van der Waals surface area contributed by atoms with Crippen LogP contribution in [-0.4, -0.2) is 74.8 Å². The smallest absolute Gasteiger partial charge is 0.225 e. The predicted molar refractivity (Wildman–Crippen MR) is 142 cm³/mol. The summed E-state index contributed by atoms with van der Waals surface area (Å²) < 4.78 is 19.4. The molecule has 6 rings (SSSR count). The zero-order valence-corrected chi connectivity index (χ0v) is 22.1. The van der Waals surface area contributed by atoms with Gasteiger partial charge in [0.2, 0.25) is 11.9 Å². The molecular weight excluding hydrogens is 484 g/mol. The third kappa shape index (κ3) is 5.33. The van der Waals surface area contributed by atoms with Gasteiger partial charge in [-0.1, -0.05) is 6.07 Å². The normalized spacial score (nSPS) is 25.1. The molecule has 1 saturated carbocycles. The van der Waals surface area contributed by atoms with Crippen molar-refractivity contribution in [3.8, 4) is 11.6 Å². The highest BCUT2D eigenvalue weighted by molar-refractivity contribution is 5.86. The summed E-state index contributed by atoms with van der Waals surface area (Å²) in [5.41, 5.74) is 0.900. The number of hydrogen-bond donors (Lipinski definition) is 1. The number of carbonyl (C=O) groups is 1. The number of anilines is 1. The van der Waals surface area contributed by atoms with Crippen LogP contribution in [0.4, 0.5) is 5.95 Å². The minimum absolute atomic E-state index is 0.112. The molecule has 10 nitrogen and oxygen atoms in total. The average Bonchev–Trinajstić information content (AvgIpc) is 3.68. The lowest BCUT2D eigenvalue weighted by Crippen LogP contribution is -2.37. The number of fused-ring (bicyclic) bond motifs is 1. The summed E-state index contributed by atoms with van der Waals surface area (Å²) in [6, 6.07) is 8.00. The molecule has 1 amide bonds. The maximum absolute atomic E-state index is 12.8. The fourth-order valence-electron chi connectivity index (χ4n) is 5.76. The molecule has 1 N–H and O–H groups in total. The van der Waals surface area contributed by atoms with E-state index in [2.05, 4.69) is 15.4 Å². The molecule has 2 aliphatic heterocycles. The van der Waals surface area contributed by atoms with E-state index in [4.69, 9.17) is 19.2 Å². The van der Waals surface area contributed by atoms with Gasteiger partial charge in [-0.25, -0.2) is 9.67 Å². The number of rotatable bonds is 7. The second-order valence-electron chi connectivity index (χ2n) is 11.0. The summed E-state index contributed by atoms with van der Waals surface area (Å²) in [6.07, 6.45) is 9.42. The molecule has 1 atom stereocenters. The van der Waals surface area contributed by atoms with E-state index in [0.29, 0.717) is 30.9 Å². The zero-order valence-electron chi connectivity index (χ0n) is 22.1. The first kappa shape index (κ1) is 25.1. The van der Waals surface area contributed by atoms with Crippen LogP contribution in [0.15, 0.2) is 36.7 Å². The van der Waals surface area contributed by atoms with E-state index in [9.17, 15) is 4.79 Å². The molecule has 4 heterocycles. The highest BCUT2D eigenvalue weighted by Crippen LogP contribution is 2.30. The molecule has 202 valence electrons. The van der Waals surface area contributed by atoms with E-state index in [-0.39, 0.29) is 18.1 Å². The Bertz CT molecular complexity index is 1280. The molecule has 10 heteroatoms. The van der Waals surface area contributed by atoms with Gasteiger partial charge in [0.05, 0.1) is 23.7 Å². The summed E-state index contributed by atoms with van der Waals surface area (Å²) in [7, 11) is 0. The lowest BCUT2D eigenvalue weighted by molar-refractivity contribution is -0.141. The van der Waals surface area contributed by atoms with Crippen LogP contribution in [-0.2, 0) is 14.3 Å². The molecule has 0 bridgehead atoms. The third-order valence-corrected chi connectivity index (χ3v) is 7.75. The van der Waals surface area contributed by atoms with Gasteiger partial charge < -0.3 is 24.4 Å². The molecule has 0 unspecified atom stereocenters. The van der Waals surface area contributed by atoms with E-state index in [1.54, 1.807) is 17.1 Å². The van der Waals surface area contributed by atoms with Crippen LogP contribution in [0.25, 0.3) is 16.7 Å². The van der Waals surface area contributed by atoms with Crippen LogP contribution in [0, 0.1) is 5.92 Å². The Morgan fingerprint density at radius 1 is 1.16 bits per heavy atom. The van der Waals surface area contributed by atoms with Gasteiger partial charge in [0.15, 0.2) is 11.6 Å².